The molecule has 0 saturated heterocycles. The molecule has 1 unspecified atom stereocenters. The summed E-state index contributed by atoms with van der Waals surface area (Å²) in [5.41, 5.74) is 0. The minimum atomic E-state index is -0.664. The van der Waals surface area contributed by atoms with Crippen molar-refractivity contribution in [1.29, 1.82) is 0 Å². The standard InChI is InChI=1S/C17H28O2/c1-2-3-4-5-6-7-8-12-15-17(18)19-16-13-10-9-11-14-16/h9-11,13-14,17-18H,2-8,12,15H2,1H3. The Hall–Kier alpha value is -1.02. The van der Waals surface area contributed by atoms with E-state index in [-0.39, 0.29) is 0 Å². The van der Waals surface area contributed by atoms with Crippen molar-refractivity contribution in [3.63, 3.8) is 0 Å². The number of unbranched alkanes of at least 4 members (excludes halogenated alkanes) is 7. The number of aliphatic hydroxyl groups excluding tert-OH is 1. The van der Waals surface area contributed by atoms with Gasteiger partial charge in [0.25, 0.3) is 0 Å². The molecule has 1 rings (SSSR count). The van der Waals surface area contributed by atoms with Crippen LogP contribution in [-0.2, 0) is 0 Å². The first-order chi connectivity index (χ1) is 9.33. The van der Waals surface area contributed by atoms with E-state index >= 15 is 0 Å². The summed E-state index contributed by atoms with van der Waals surface area (Å²) in [4.78, 5) is 0. The third-order valence-corrected chi connectivity index (χ3v) is 3.32. The summed E-state index contributed by atoms with van der Waals surface area (Å²) in [6, 6.07) is 9.52. The van der Waals surface area contributed by atoms with Gasteiger partial charge in [0.1, 0.15) is 5.75 Å². The molecule has 0 saturated carbocycles. The lowest BCUT2D eigenvalue weighted by atomic mass is 10.1. The summed E-state index contributed by atoms with van der Waals surface area (Å²) >= 11 is 0. The fraction of sp³-hybridized carbons (Fsp3) is 0.647. The van der Waals surface area contributed by atoms with Crippen LogP contribution in [0.15, 0.2) is 30.3 Å². The van der Waals surface area contributed by atoms with Gasteiger partial charge < -0.3 is 9.84 Å². The van der Waals surface area contributed by atoms with Crippen LogP contribution in [0, 0.1) is 0 Å². The third kappa shape index (κ3) is 8.66. The van der Waals surface area contributed by atoms with Crippen molar-refractivity contribution in [1.82, 2.24) is 0 Å². The largest absolute Gasteiger partial charge is 0.465 e. The molecule has 0 amide bonds. The second-order valence-corrected chi connectivity index (χ2v) is 5.15. The van der Waals surface area contributed by atoms with E-state index in [1.165, 1.54) is 44.9 Å². The Labute approximate surface area is 117 Å². The topological polar surface area (TPSA) is 29.5 Å². The van der Waals surface area contributed by atoms with E-state index in [2.05, 4.69) is 6.92 Å². The first kappa shape index (κ1) is 16.0. The first-order valence-corrected chi connectivity index (χ1v) is 7.72. The van der Waals surface area contributed by atoms with Crippen LogP contribution in [0.1, 0.15) is 64.7 Å². The maximum absolute atomic E-state index is 9.75. The van der Waals surface area contributed by atoms with Crippen LogP contribution < -0.4 is 4.74 Å². The van der Waals surface area contributed by atoms with Gasteiger partial charge in [-0.25, -0.2) is 0 Å². The Morgan fingerprint density at radius 1 is 0.895 bits per heavy atom. The molecule has 0 heterocycles. The van der Waals surface area contributed by atoms with E-state index in [0.29, 0.717) is 0 Å². The molecule has 1 aromatic rings. The Balaban J connectivity index is 1.94. The maximum atomic E-state index is 9.75. The van der Waals surface area contributed by atoms with Gasteiger partial charge in [-0.2, -0.15) is 0 Å². The Bertz CT molecular complexity index is 297. The smallest absolute Gasteiger partial charge is 0.197 e. The van der Waals surface area contributed by atoms with Crippen molar-refractivity contribution >= 4 is 0 Å². The number of hydrogen-bond acceptors (Lipinski definition) is 2. The SMILES string of the molecule is CCCCCCCCCCC(O)Oc1ccccc1. The van der Waals surface area contributed by atoms with Crippen LogP contribution >= 0.6 is 0 Å². The molecule has 0 aliphatic rings. The molecule has 108 valence electrons. The average molecular weight is 264 g/mol. The summed E-state index contributed by atoms with van der Waals surface area (Å²) < 4.78 is 5.43. The quantitative estimate of drug-likeness (QED) is 0.454. The van der Waals surface area contributed by atoms with Crippen LogP contribution in [0.25, 0.3) is 0 Å². The van der Waals surface area contributed by atoms with E-state index in [1.54, 1.807) is 0 Å². The molecule has 0 spiro atoms. The Morgan fingerprint density at radius 3 is 2.11 bits per heavy atom. The fourth-order valence-electron chi connectivity index (χ4n) is 2.17. The first-order valence-electron chi connectivity index (χ1n) is 7.72. The number of ether oxygens (including phenoxy) is 1. The monoisotopic (exact) mass is 264 g/mol. The zero-order valence-electron chi connectivity index (χ0n) is 12.2. The molecule has 0 aliphatic carbocycles. The molecule has 0 bridgehead atoms. The minimum Gasteiger partial charge on any atom is -0.465 e. The number of rotatable bonds is 11. The highest BCUT2D eigenvalue weighted by atomic mass is 16.6. The van der Waals surface area contributed by atoms with Crippen molar-refractivity contribution in [3.05, 3.63) is 30.3 Å². The van der Waals surface area contributed by atoms with Gasteiger partial charge in [-0.1, -0.05) is 70.1 Å². The van der Waals surface area contributed by atoms with Crippen molar-refractivity contribution in [3.8, 4) is 5.75 Å². The van der Waals surface area contributed by atoms with Crippen LogP contribution in [0.5, 0.6) is 5.75 Å². The highest BCUT2D eigenvalue weighted by Gasteiger charge is 2.04. The van der Waals surface area contributed by atoms with E-state index in [1.807, 2.05) is 30.3 Å². The van der Waals surface area contributed by atoms with Crippen LogP contribution in [0.4, 0.5) is 0 Å². The summed E-state index contributed by atoms with van der Waals surface area (Å²) in [5, 5.41) is 9.75. The average Bonchev–Trinajstić information content (AvgIpc) is 2.43. The van der Waals surface area contributed by atoms with Gasteiger partial charge in [-0.15, -0.1) is 0 Å². The van der Waals surface area contributed by atoms with Gasteiger partial charge in [-0.3, -0.25) is 0 Å². The van der Waals surface area contributed by atoms with E-state index in [0.717, 1.165) is 18.6 Å². The van der Waals surface area contributed by atoms with Gasteiger partial charge in [-0.05, 0) is 18.6 Å². The molecule has 0 radical (unpaired) electrons. The van der Waals surface area contributed by atoms with E-state index in [9.17, 15) is 5.11 Å². The highest BCUT2D eigenvalue weighted by Crippen LogP contribution is 2.14. The van der Waals surface area contributed by atoms with Crippen molar-refractivity contribution in [2.45, 2.75) is 71.0 Å². The fourth-order valence-corrected chi connectivity index (χ4v) is 2.17. The molecule has 2 heteroatoms. The molecular weight excluding hydrogens is 236 g/mol. The predicted octanol–water partition coefficient (Wildman–Crippen LogP) is 4.91. The van der Waals surface area contributed by atoms with Crippen molar-refractivity contribution in [2.75, 3.05) is 0 Å². The lowest BCUT2D eigenvalue weighted by molar-refractivity contribution is -0.0246. The number of benzene rings is 1. The highest BCUT2D eigenvalue weighted by molar-refractivity contribution is 5.20. The van der Waals surface area contributed by atoms with Crippen LogP contribution in [0.2, 0.25) is 0 Å². The lowest BCUT2D eigenvalue weighted by Crippen LogP contribution is -2.15. The molecule has 2 nitrogen and oxygen atoms in total. The predicted molar refractivity (Wildman–Crippen MR) is 80.3 cm³/mol. The zero-order valence-corrected chi connectivity index (χ0v) is 12.2. The molecule has 1 atom stereocenters. The molecule has 19 heavy (non-hydrogen) atoms. The van der Waals surface area contributed by atoms with Gasteiger partial charge in [0.05, 0.1) is 0 Å². The molecule has 1 aromatic carbocycles. The summed E-state index contributed by atoms with van der Waals surface area (Å²) in [6.07, 6.45) is 10.3. The van der Waals surface area contributed by atoms with Crippen molar-refractivity contribution < 1.29 is 9.84 Å². The van der Waals surface area contributed by atoms with Gasteiger partial charge in [0, 0.05) is 6.42 Å². The van der Waals surface area contributed by atoms with Gasteiger partial charge >= 0.3 is 0 Å². The summed E-state index contributed by atoms with van der Waals surface area (Å²) in [7, 11) is 0. The van der Waals surface area contributed by atoms with Crippen LogP contribution in [-0.4, -0.2) is 11.4 Å². The maximum Gasteiger partial charge on any atom is 0.197 e. The number of para-hydroxylation sites is 1. The molecule has 0 aliphatic heterocycles. The normalized spacial score (nSPS) is 12.3. The van der Waals surface area contributed by atoms with Crippen molar-refractivity contribution in [2.24, 2.45) is 0 Å². The second-order valence-electron chi connectivity index (χ2n) is 5.15. The Kier molecular flexibility index (Phi) is 9.17. The molecular formula is C17H28O2. The summed E-state index contributed by atoms with van der Waals surface area (Å²) in [6.45, 7) is 2.24. The minimum absolute atomic E-state index is 0.664. The lowest BCUT2D eigenvalue weighted by Gasteiger charge is -2.13. The second kappa shape index (κ2) is 10.9. The molecule has 0 fully saturated rings. The zero-order chi connectivity index (χ0) is 13.8. The molecule has 1 N–H and O–H groups in total. The van der Waals surface area contributed by atoms with E-state index in [4.69, 9.17) is 4.74 Å². The van der Waals surface area contributed by atoms with Crippen LogP contribution in [0.3, 0.4) is 0 Å². The number of hydrogen-bond donors (Lipinski definition) is 1. The molecule has 0 aromatic heterocycles. The summed E-state index contributed by atoms with van der Waals surface area (Å²) in [5.74, 6) is 0.745. The third-order valence-electron chi connectivity index (χ3n) is 3.32. The van der Waals surface area contributed by atoms with Gasteiger partial charge in [0.15, 0.2) is 6.29 Å². The Morgan fingerprint density at radius 2 is 1.47 bits per heavy atom. The number of aliphatic hydroxyl groups is 1. The van der Waals surface area contributed by atoms with E-state index < -0.39 is 6.29 Å². The van der Waals surface area contributed by atoms with Gasteiger partial charge in [0.2, 0.25) is 0 Å².